The number of thioether (sulfide) groups is 1. The van der Waals surface area contributed by atoms with Crippen LogP contribution in [0.2, 0.25) is 0 Å². The summed E-state index contributed by atoms with van der Waals surface area (Å²) < 4.78 is 0. The minimum Gasteiger partial charge on any atom is -0.508 e. The average Bonchev–Trinajstić information content (AvgIpc) is 2.65. The normalized spacial score (nSPS) is 18.7. The van der Waals surface area contributed by atoms with Crippen LogP contribution in [0.25, 0.3) is 0 Å². The zero-order valence-electron chi connectivity index (χ0n) is 15.0. The predicted molar refractivity (Wildman–Crippen MR) is 105 cm³/mol. The van der Waals surface area contributed by atoms with Crippen LogP contribution in [-0.2, 0) is 4.79 Å². The summed E-state index contributed by atoms with van der Waals surface area (Å²) in [6, 6.07) is 6.69. The van der Waals surface area contributed by atoms with Gasteiger partial charge in [-0.25, -0.2) is 4.98 Å². The molecule has 0 radical (unpaired) electrons. The monoisotopic (exact) mass is 383 g/mol. The summed E-state index contributed by atoms with van der Waals surface area (Å²) >= 11 is 1.51. The van der Waals surface area contributed by atoms with E-state index in [1.807, 2.05) is 0 Å². The lowest BCUT2D eigenvalue weighted by Gasteiger charge is -2.32. The molecule has 0 bridgehead atoms. The van der Waals surface area contributed by atoms with Crippen molar-refractivity contribution in [3.8, 4) is 5.75 Å². The average molecular weight is 383 g/mol. The summed E-state index contributed by atoms with van der Waals surface area (Å²) in [5.41, 5.74) is 2.56. The van der Waals surface area contributed by atoms with E-state index in [1.54, 1.807) is 24.3 Å². The number of phenolic OH excluding ortho intramolecular Hbond substituents is 1. The van der Waals surface area contributed by atoms with E-state index in [0.29, 0.717) is 28.5 Å². The van der Waals surface area contributed by atoms with Crippen molar-refractivity contribution < 1.29 is 9.90 Å². The number of nitrogens with one attached hydrogen (secondary N) is 2. The third kappa shape index (κ3) is 3.27. The second kappa shape index (κ2) is 7.23. The highest BCUT2D eigenvalue weighted by atomic mass is 32.2. The predicted octanol–water partition coefficient (Wildman–Crippen LogP) is 3.54. The molecule has 1 unspecified atom stereocenters. The molecule has 2 heterocycles. The number of allylic oxidation sites excluding steroid dienone is 2. The lowest BCUT2D eigenvalue weighted by molar-refractivity contribution is -0.116. The summed E-state index contributed by atoms with van der Waals surface area (Å²) in [5.74, 6) is 1.15. The summed E-state index contributed by atoms with van der Waals surface area (Å²) in [6.45, 7) is 2.08. The summed E-state index contributed by atoms with van der Waals surface area (Å²) in [6.07, 6.45) is 3.03. The third-order valence-corrected chi connectivity index (χ3v) is 5.98. The van der Waals surface area contributed by atoms with Gasteiger partial charge in [-0.2, -0.15) is 0 Å². The molecule has 140 valence electrons. The first-order chi connectivity index (χ1) is 13.1. The highest BCUT2D eigenvalue weighted by molar-refractivity contribution is 7.99. The number of rotatable bonds is 4. The number of hydrogen-bond acceptors (Lipinski definition) is 6. The molecule has 7 heteroatoms. The molecule has 0 saturated carbocycles. The Hall–Kier alpha value is -2.54. The molecule has 27 heavy (non-hydrogen) atoms. The number of carbonyl (C=O) groups excluding carboxylic acids is 1. The van der Waals surface area contributed by atoms with Gasteiger partial charge in [-0.05, 0) is 37.0 Å². The van der Waals surface area contributed by atoms with E-state index in [1.165, 1.54) is 11.8 Å². The van der Waals surface area contributed by atoms with Crippen LogP contribution in [-0.4, -0.2) is 26.6 Å². The largest absolute Gasteiger partial charge is 0.508 e. The molecule has 6 nitrogen and oxygen atoms in total. The Morgan fingerprint density at radius 1 is 1.22 bits per heavy atom. The quantitative estimate of drug-likeness (QED) is 0.552. The molecular formula is C20H21N3O3S. The van der Waals surface area contributed by atoms with Crippen LogP contribution >= 0.6 is 11.8 Å². The van der Waals surface area contributed by atoms with Crippen molar-refractivity contribution in [2.75, 3.05) is 11.1 Å². The summed E-state index contributed by atoms with van der Waals surface area (Å²) in [5, 5.41) is 13.5. The number of aromatic nitrogens is 2. The molecule has 0 saturated heterocycles. The van der Waals surface area contributed by atoms with Crippen molar-refractivity contribution in [3.05, 3.63) is 57.0 Å². The highest BCUT2D eigenvalue weighted by Crippen LogP contribution is 2.43. The van der Waals surface area contributed by atoms with Crippen molar-refractivity contribution >= 4 is 23.4 Å². The van der Waals surface area contributed by atoms with E-state index >= 15 is 0 Å². The molecular weight excluding hydrogens is 362 g/mol. The topological polar surface area (TPSA) is 95.1 Å². The molecule has 1 aliphatic carbocycles. The van der Waals surface area contributed by atoms with Crippen LogP contribution in [0.1, 0.15) is 49.7 Å². The zero-order chi connectivity index (χ0) is 19.0. The maximum absolute atomic E-state index is 12.9. The van der Waals surface area contributed by atoms with Crippen LogP contribution in [0, 0.1) is 0 Å². The standard InChI is InChI=1S/C20H21N3O3S/c1-2-10-27-20-22-18-17(19(26)23-20)15(11-6-8-12(24)9-7-11)16-13(21-18)4-3-5-14(16)25/h6-9,15,24H,2-5,10H2,1H3,(H2,21,22,23,26). The molecule has 0 amide bonds. The molecule has 1 aliphatic heterocycles. The number of anilines is 1. The number of benzene rings is 1. The molecule has 4 rings (SSSR count). The number of nitrogens with zero attached hydrogens (tertiary/aromatic N) is 1. The van der Waals surface area contributed by atoms with Crippen molar-refractivity contribution in [3.63, 3.8) is 0 Å². The van der Waals surface area contributed by atoms with Crippen LogP contribution < -0.4 is 10.9 Å². The van der Waals surface area contributed by atoms with E-state index in [-0.39, 0.29) is 17.1 Å². The third-order valence-electron chi connectivity index (χ3n) is 4.91. The maximum atomic E-state index is 12.9. The molecule has 2 aromatic rings. The van der Waals surface area contributed by atoms with E-state index in [9.17, 15) is 14.7 Å². The van der Waals surface area contributed by atoms with Gasteiger partial charge in [-0.1, -0.05) is 30.8 Å². The van der Waals surface area contributed by atoms with Gasteiger partial charge in [0.2, 0.25) is 0 Å². The molecule has 1 aromatic heterocycles. The molecule has 3 N–H and O–H groups in total. The van der Waals surface area contributed by atoms with Gasteiger partial charge in [0.05, 0.1) is 5.56 Å². The van der Waals surface area contributed by atoms with Crippen LogP contribution in [0.4, 0.5) is 5.82 Å². The van der Waals surface area contributed by atoms with Gasteiger partial charge in [0.25, 0.3) is 5.56 Å². The molecule has 1 atom stereocenters. The Morgan fingerprint density at radius 2 is 2.00 bits per heavy atom. The minimum atomic E-state index is -0.467. The molecule has 0 spiro atoms. The fourth-order valence-corrected chi connectivity index (χ4v) is 4.43. The lowest BCUT2D eigenvalue weighted by atomic mass is 9.76. The van der Waals surface area contributed by atoms with Gasteiger partial charge in [-0.15, -0.1) is 0 Å². The molecule has 1 aromatic carbocycles. The highest BCUT2D eigenvalue weighted by Gasteiger charge is 2.37. The van der Waals surface area contributed by atoms with Crippen molar-refractivity contribution in [1.29, 1.82) is 0 Å². The zero-order valence-corrected chi connectivity index (χ0v) is 15.9. The van der Waals surface area contributed by atoms with Gasteiger partial charge in [0.1, 0.15) is 11.6 Å². The van der Waals surface area contributed by atoms with Crippen molar-refractivity contribution in [2.24, 2.45) is 0 Å². The number of phenols is 1. The van der Waals surface area contributed by atoms with Gasteiger partial charge in [0, 0.05) is 29.4 Å². The smallest absolute Gasteiger partial charge is 0.257 e. The van der Waals surface area contributed by atoms with Gasteiger partial charge in [0.15, 0.2) is 10.9 Å². The van der Waals surface area contributed by atoms with E-state index in [2.05, 4.69) is 22.2 Å². The molecule has 0 fully saturated rings. The first-order valence-corrected chi connectivity index (χ1v) is 10.2. The second-order valence-corrected chi connectivity index (χ2v) is 7.88. The van der Waals surface area contributed by atoms with E-state index in [4.69, 9.17) is 0 Å². The van der Waals surface area contributed by atoms with Crippen molar-refractivity contribution in [1.82, 2.24) is 9.97 Å². The number of carbonyl (C=O) groups is 1. The van der Waals surface area contributed by atoms with Crippen molar-refractivity contribution in [2.45, 2.75) is 43.7 Å². The Kier molecular flexibility index (Phi) is 4.78. The lowest BCUT2D eigenvalue weighted by Crippen LogP contribution is -2.32. The number of hydrogen-bond donors (Lipinski definition) is 3. The first kappa shape index (κ1) is 17.9. The molecule has 2 aliphatic rings. The number of fused-ring (bicyclic) bond motifs is 1. The number of aromatic amines is 1. The first-order valence-electron chi connectivity index (χ1n) is 9.17. The van der Waals surface area contributed by atoms with Crippen LogP contribution in [0.3, 0.4) is 0 Å². The SMILES string of the molecule is CCCSc1nc2c(c(=O)[nH]1)C(c1ccc(O)cc1)C1=C(CCCC1=O)N2. The summed E-state index contributed by atoms with van der Waals surface area (Å²) in [4.78, 5) is 33.2. The van der Waals surface area contributed by atoms with Crippen LogP contribution in [0.5, 0.6) is 5.75 Å². The van der Waals surface area contributed by atoms with Gasteiger partial charge < -0.3 is 15.4 Å². The fraction of sp³-hybridized carbons (Fsp3) is 0.350. The Labute approximate surface area is 161 Å². The van der Waals surface area contributed by atoms with E-state index < -0.39 is 5.92 Å². The number of aromatic hydroxyl groups is 1. The Morgan fingerprint density at radius 3 is 2.74 bits per heavy atom. The van der Waals surface area contributed by atoms with E-state index in [0.717, 1.165) is 36.3 Å². The minimum absolute atomic E-state index is 0.0660. The Balaban J connectivity index is 1.89. The maximum Gasteiger partial charge on any atom is 0.257 e. The van der Waals surface area contributed by atoms with Gasteiger partial charge in [-0.3, -0.25) is 9.59 Å². The fourth-order valence-electron chi connectivity index (χ4n) is 3.71. The summed E-state index contributed by atoms with van der Waals surface area (Å²) in [7, 11) is 0. The van der Waals surface area contributed by atoms with Gasteiger partial charge >= 0.3 is 0 Å². The second-order valence-electron chi connectivity index (χ2n) is 6.80. The van der Waals surface area contributed by atoms with Crippen LogP contribution in [0.15, 0.2) is 45.5 Å². The number of Topliss-reactive ketones (excluding diaryl/α,β-unsaturated/α-hetero) is 1. The number of H-pyrrole nitrogens is 1. The Bertz CT molecular complexity index is 979. The number of ketones is 1.